The number of rotatable bonds is 6. The summed E-state index contributed by atoms with van der Waals surface area (Å²) in [7, 11) is -3.64. The Bertz CT molecular complexity index is 704. The van der Waals surface area contributed by atoms with Crippen LogP contribution in [0.3, 0.4) is 0 Å². The van der Waals surface area contributed by atoms with Crippen molar-refractivity contribution in [2.24, 2.45) is 5.73 Å². The molecule has 0 radical (unpaired) electrons. The lowest BCUT2D eigenvalue weighted by Crippen LogP contribution is -2.23. The van der Waals surface area contributed by atoms with E-state index in [4.69, 9.17) is 5.73 Å². The van der Waals surface area contributed by atoms with E-state index in [0.29, 0.717) is 12.1 Å². The summed E-state index contributed by atoms with van der Waals surface area (Å²) in [5.74, 6) is -0.394. The van der Waals surface area contributed by atoms with Gasteiger partial charge in [-0.15, -0.1) is 0 Å². The third kappa shape index (κ3) is 3.69. The lowest BCUT2D eigenvalue weighted by atomic mass is 10.2. The van der Waals surface area contributed by atoms with Crippen molar-refractivity contribution in [3.05, 3.63) is 53.6 Å². The molecule has 0 aliphatic carbocycles. The van der Waals surface area contributed by atoms with E-state index in [2.05, 4.69) is 4.72 Å². The Kier molecular flexibility index (Phi) is 4.76. The standard InChI is InChI=1S/C14H18FN3O2S/c1-2-18-10-14(7-13(18)8-16)21(19,20)17-9-11-4-3-5-12(15)6-11/h3-7,10,17H,2,8-9,16H2,1H3. The van der Waals surface area contributed by atoms with E-state index in [1.807, 2.05) is 6.92 Å². The van der Waals surface area contributed by atoms with Crippen molar-refractivity contribution in [2.45, 2.75) is 31.5 Å². The maximum atomic E-state index is 13.1. The van der Waals surface area contributed by atoms with Crippen LogP contribution in [-0.2, 0) is 29.7 Å². The van der Waals surface area contributed by atoms with Gasteiger partial charge in [-0.2, -0.15) is 0 Å². The molecule has 5 nitrogen and oxygen atoms in total. The van der Waals surface area contributed by atoms with Crippen LogP contribution in [0.25, 0.3) is 0 Å². The summed E-state index contributed by atoms with van der Waals surface area (Å²) in [4.78, 5) is 0.168. The third-order valence-electron chi connectivity index (χ3n) is 3.18. The van der Waals surface area contributed by atoms with Crippen LogP contribution in [0.4, 0.5) is 4.39 Å². The molecular weight excluding hydrogens is 293 g/mol. The largest absolute Gasteiger partial charge is 0.349 e. The first-order valence-electron chi connectivity index (χ1n) is 6.59. The summed E-state index contributed by atoms with van der Waals surface area (Å²) < 4.78 is 41.8. The van der Waals surface area contributed by atoms with Gasteiger partial charge < -0.3 is 10.3 Å². The van der Waals surface area contributed by atoms with Crippen molar-refractivity contribution in [1.82, 2.24) is 9.29 Å². The average molecular weight is 311 g/mol. The van der Waals surface area contributed by atoms with E-state index in [0.717, 1.165) is 5.69 Å². The number of benzene rings is 1. The number of aryl methyl sites for hydroxylation is 1. The second-order valence-corrected chi connectivity index (χ2v) is 6.38. The van der Waals surface area contributed by atoms with Gasteiger partial charge in [0.1, 0.15) is 5.82 Å². The molecule has 1 aromatic heterocycles. The van der Waals surface area contributed by atoms with Gasteiger partial charge >= 0.3 is 0 Å². The van der Waals surface area contributed by atoms with E-state index in [9.17, 15) is 12.8 Å². The van der Waals surface area contributed by atoms with Crippen molar-refractivity contribution >= 4 is 10.0 Å². The number of hydrogen-bond acceptors (Lipinski definition) is 3. The fraction of sp³-hybridized carbons (Fsp3) is 0.286. The molecule has 0 aliphatic rings. The van der Waals surface area contributed by atoms with Crippen LogP contribution in [0.2, 0.25) is 0 Å². The molecule has 0 atom stereocenters. The summed E-state index contributed by atoms with van der Waals surface area (Å²) in [6.07, 6.45) is 1.55. The summed E-state index contributed by atoms with van der Waals surface area (Å²) in [6, 6.07) is 7.36. The van der Waals surface area contributed by atoms with E-state index < -0.39 is 15.8 Å². The fourth-order valence-electron chi connectivity index (χ4n) is 2.05. The number of nitrogens with zero attached hydrogens (tertiary/aromatic N) is 1. The molecule has 0 saturated heterocycles. The first-order chi connectivity index (χ1) is 9.96. The predicted octanol–water partition coefficient (Wildman–Crippen LogP) is 1.58. The highest BCUT2D eigenvalue weighted by Crippen LogP contribution is 2.15. The molecule has 0 aliphatic heterocycles. The van der Waals surface area contributed by atoms with E-state index in [1.165, 1.54) is 12.1 Å². The quantitative estimate of drug-likeness (QED) is 0.850. The van der Waals surface area contributed by atoms with Gasteiger partial charge in [0.15, 0.2) is 0 Å². The Morgan fingerprint density at radius 2 is 2.10 bits per heavy atom. The number of nitrogens with one attached hydrogen (secondary N) is 1. The van der Waals surface area contributed by atoms with Gasteiger partial charge in [0.2, 0.25) is 10.0 Å². The molecule has 0 fully saturated rings. The molecule has 0 amide bonds. The smallest absolute Gasteiger partial charge is 0.242 e. The highest BCUT2D eigenvalue weighted by Gasteiger charge is 2.17. The topological polar surface area (TPSA) is 77.1 Å². The van der Waals surface area contributed by atoms with Crippen LogP contribution in [0.15, 0.2) is 41.4 Å². The third-order valence-corrected chi connectivity index (χ3v) is 4.54. The van der Waals surface area contributed by atoms with Gasteiger partial charge in [0.25, 0.3) is 0 Å². The number of sulfonamides is 1. The molecule has 3 N–H and O–H groups in total. The molecule has 0 bridgehead atoms. The SMILES string of the molecule is CCn1cc(S(=O)(=O)NCc2cccc(F)c2)cc1CN. The Morgan fingerprint density at radius 3 is 2.67 bits per heavy atom. The van der Waals surface area contributed by atoms with Gasteiger partial charge in [-0.3, -0.25) is 0 Å². The van der Waals surface area contributed by atoms with Crippen LogP contribution in [-0.4, -0.2) is 13.0 Å². The molecular formula is C14H18FN3O2S. The number of aromatic nitrogens is 1. The molecule has 0 saturated carbocycles. The van der Waals surface area contributed by atoms with Gasteiger partial charge in [0.05, 0.1) is 4.90 Å². The Morgan fingerprint density at radius 1 is 1.33 bits per heavy atom. The highest BCUT2D eigenvalue weighted by molar-refractivity contribution is 7.89. The summed E-state index contributed by atoms with van der Waals surface area (Å²) in [6.45, 7) is 2.87. The lowest BCUT2D eigenvalue weighted by molar-refractivity contribution is 0.580. The molecule has 1 aromatic carbocycles. The molecule has 0 spiro atoms. The number of nitrogens with two attached hydrogens (primary N) is 1. The summed E-state index contributed by atoms with van der Waals surface area (Å²) >= 11 is 0. The van der Waals surface area contributed by atoms with Crippen LogP contribution in [0.5, 0.6) is 0 Å². The fourth-order valence-corrected chi connectivity index (χ4v) is 3.13. The monoisotopic (exact) mass is 311 g/mol. The molecule has 2 rings (SSSR count). The van der Waals surface area contributed by atoms with Crippen molar-refractivity contribution in [2.75, 3.05) is 0 Å². The van der Waals surface area contributed by atoms with Crippen molar-refractivity contribution in [1.29, 1.82) is 0 Å². The van der Waals surface area contributed by atoms with Gasteiger partial charge in [0, 0.05) is 31.5 Å². The minimum atomic E-state index is -3.64. The second kappa shape index (κ2) is 6.38. The minimum Gasteiger partial charge on any atom is -0.349 e. The number of halogens is 1. The van der Waals surface area contributed by atoms with E-state index in [-0.39, 0.29) is 18.0 Å². The highest BCUT2D eigenvalue weighted by atomic mass is 32.2. The maximum Gasteiger partial charge on any atom is 0.242 e. The van der Waals surface area contributed by atoms with Crippen molar-refractivity contribution in [3.8, 4) is 0 Å². The van der Waals surface area contributed by atoms with Gasteiger partial charge in [-0.25, -0.2) is 17.5 Å². The maximum absolute atomic E-state index is 13.1. The van der Waals surface area contributed by atoms with E-state index in [1.54, 1.807) is 29.0 Å². The van der Waals surface area contributed by atoms with Crippen LogP contribution in [0, 0.1) is 5.82 Å². The minimum absolute atomic E-state index is 0.0371. The van der Waals surface area contributed by atoms with Crippen LogP contribution < -0.4 is 10.5 Å². The lowest BCUT2D eigenvalue weighted by Gasteiger charge is -2.05. The normalized spacial score (nSPS) is 11.8. The van der Waals surface area contributed by atoms with Crippen LogP contribution in [0.1, 0.15) is 18.2 Å². The average Bonchev–Trinajstić information content (AvgIpc) is 2.89. The zero-order chi connectivity index (χ0) is 15.5. The Balaban J connectivity index is 2.16. The molecule has 7 heteroatoms. The molecule has 21 heavy (non-hydrogen) atoms. The zero-order valence-electron chi connectivity index (χ0n) is 11.7. The van der Waals surface area contributed by atoms with E-state index >= 15 is 0 Å². The molecule has 114 valence electrons. The first-order valence-corrected chi connectivity index (χ1v) is 8.08. The second-order valence-electron chi connectivity index (χ2n) is 4.61. The Labute approximate surface area is 123 Å². The Hall–Kier alpha value is -1.70. The van der Waals surface area contributed by atoms with Crippen molar-refractivity contribution in [3.63, 3.8) is 0 Å². The molecule has 2 aromatic rings. The summed E-state index contributed by atoms with van der Waals surface area (Å²) in [5, 5.41) is 0. The molecule has 1 heterocycles. The first kappa shape index (κ1) is 15.7. The number of hydrogen-bond donors (Lipinski definition) is 2. The van der Waals surface area contributed by atoms with Gasteiger partial charge in [-0.1, -0.05) is 12.1 Å². The summed E-state index contributed by atoms with van der Waals surface area (Å²) in [5.41, 5.74) is 6.90. The molecule has 0 unspecified atom stereocenters. The van der Waals surface area contributed by atoms with Gasteiger partial charge in [-0.05, 0) is 30.7 Å². The predicted molar refractivity (Wildman–Crippen MR) is 78.4 cm³/mol. The zero-order valence-corrected chi connectivity index (χ0v) is 12.5. The van der Waals surface area contributed by atoms with Crippen molar-refractivity contribution < 1.29 is 12.8 Å². The van der Waals surface area contributed by atoms with Crippen LogP contribution >= 0.6 is 0 Å².